The second-order valence-electron chi connectivity index (χ2n) is 5.14. The van der Waals surface area contributed by atoms with Gasteiger partial charge in [0, 0.05) is 24.0 Å². The van der Waals surface area contributed by atoms with E-state index < -0.39 is 0 Å². The molecule has 0 fully saturated rings. The van der Waals surface area contributed by atoms with E-state index in [1.54, 1.807) is 18.0 Å². The van der Waals surface area contributed by atoms with Gasteiger partial charge in [0.1, 0.15) is 5.69 Å². The van der Waals surface area contributed by atoms with Crippen LogP contribution < -0.4 is 0 Å². The van der Waals surface area contributed by atoms with E-state index in [-0.39, 0.29) is 5.91 Å². The zero-order valence-electron chi connectivity index (χ0n) is 12.2. The van der Waals surface area contributed by atoms with E-state index in [9.17, 15) is 4.79 Å². The molecule has 0 unspecified atom stereocenters. The Balaban J connectivity index is 1.84. The molecule has 0 aliphatic carbocycles. The van der Waals surface area contributed by atoms with Crippen LogP contribution in [0.5, 0.6) is 0 Å². The number of aromatic nitrogens is 1. The first-order valence-electron chi connectivity index (χ1n) is 7.00. The maximum Gasteiger partial charge on any atom is 0.272 e. The van der Waals surface area contributed by atoms with Crippen molar-refractivity contribution in [2.45, 2.75) is 6.54 Å². The van der Waals surface area contributed by atoms with Gasteiger partial charge in [0.15, 0.2) is 0 Å². The molecule has 0 saturated carbocycles. The number of pyridine rings is 1. The molecular weight excluding hydrogens is 296 g/mol. The van der Waals surface area contributed by atoms with E-state index in [4.69, 9.17) is 11.6 Å². The summed E-state index contributed by atoms with van der Waals surface area (Å²) >= 11 is 6.14. The van der Waals surface area contributed by atoms with Gasteiger partial charge in [0.05, 0.1) is 5.52 Å². The number of rotatable bonds is 3. The Morgan fingerprint density at radius 2 is 1.77 bits per heavy atom. The third-order valence-corrected chi connectivity index (χ3v) is 3.90. The molecule has 2 aromatic carbocycles. The van der Waals surface area contributed by atoms with E-state index in [1.807, 2.05) is 54.6 Å². The Morgan fingerprint density at radius 3 is 2.59 bits per heavy atom. The van der Waals surface area contributed by atoms with Crippen LogP contribution in [-0.2, 0) is 6.54 Å². The molecule has 22 heavy (non-hydrogen) atoms. The molecule has 0 bridgehead atoms. The van der Waals surface area contributed by atoms with Crippen molar-refractivity contribution in [2.24, 2.45) is 0 Å². The standard InChI is InChI=1S/C18H15ClN2O/c1-21(12-14-7-2-4-8-15(14)19)18(22)17-11-10-13-6-3-5-9-16(13)20-17/h2-11H,12H2,1H3. The molecule has 0 spiro atoms. The summed E-state index contributed by atoms with van der Waals surface area (Å²) in [5.41, 5.74) is 2.17. The number of halogens is 1. The predicted octanol–water partition coefficient (Wildman–Crippen LogP) is 4.16. The first kappa shape index (κ1) is 14.5. The number of benzene rings is 2. The highest BCUT2D eigenvalue weighted by Crippen LogP contribution is 2.18. The molecule has 110 valence electrons. The molecule has 3 nitrogen and oxygen atoms in total. The molecule has 0 aliphatic heterocycles. The molecule has 0 saturated heterocycles. The zero-order valence-corrected chi connectivity index (χ0v) is 12.9. The van der Waals surface area contributed by atoms with Crippen LogP contribution in [0.25, 0.3) is 10.9 Å². The molecule has 4 heteroatoms. The van der Waals surface area contributed by atoms with Crippen LogP contribution in [0.2, 0.25) is 5.02 Å². The van der Waals surface area contributed by atoms with Crippen LogP contribution >= 0.6 is 11.6 Å². The van der Waals surface area contributed by atoms with Crippen molar-refractivity contribution in [3.63, 3.8) is 0 Å². The molecule has 1 amide bonds. The first-order valence-corrected chi connectivity index (χ1v) is 7.37. The maximum absolute atomic E-state index is 12.5. The fourth-order valence-electron chi connectivity index (χ4n) is 2.33. The van der Waals surface area contributed by atoms with Crippen LogP contribution in [0.15, 0.2) is 60.7 Å². The average Bonchev–Trinajstić information content (AvgIpc) is 2.55. The van der Waals surface area contributed by atoms with E-state index in [1.165, 1.54) is 0 Å². The van der Waals surface area contributed by atoms with Crippen molar-refractivity contribution < 1.29 is 4.79 Å². The highest BCUT2D eigenvalue weighted by Gasteiger charge is 2.15. The number of hydrogen-bond donors (Lipinski definition) is 0. The van der Waals surface area contributed by atoms with Gasteiger partial charge < -0.3 is 4.90 Å². The molecule has 1 heterocycles. The number of carbonyl (C=O) groups is 1. The van der Waals surface area contributed by atoms with Gasteiger partial charge in [-0.3, -0.25) is 4.79 Å². The zero-order chi connectivity index (χ0) is 15.5. The van der Waals surface area contributed by atoms with Gasteiger partial charge in [0.25, 0.3) is 5.91 Å². The lowest BCUT2D eigenvalue weighted by Crippen LogP contribution is -2.27. The van der Waals surface area contributed by atoms with Crippen molar-refractivity contribution in [1.29, 1.82) is 0 Å². The summed E-state index contributed by atoms with van der Waals surface area (Å²) in [4.78, 5) is 18.6. The van der Waals surface area contributed by atoms with Crippen molar-refractivity contribution in [2.75, 3.05) is 7.05 Å². The summed E-state index contributed by atoms with van der Waals surface area (Å²) in [5, 5.41) is 1.68. The average molecular weight is 311 g/mol. The first-order chi connectivity index (χ1) is 10.6. The van der Waals surface area contributed by atoms with E-state index in [0.717, 1.165) is 16.5 Å². The number of nitrogens with zero attached hydrogens (tertiary/aromatic N) is 2. The van der Waals surface area contributed by atoms with Gasteiger partial charge in [-0.2, -0.15) is 0 Å². The highest BCUT2D eigenvalue weighted by atomic mass is 35.5. The molecule has 1 aromatic heterocycles. The smallest absolute Gasteiger partial charge is 0.272 e. The fourth-order valence-corrected chi connectivity index (χ4v) is 2.53. The Hall–Kier alpha value is -2.39. The lowest BCUT2D eigenvalue weighted by molar-refractivity contribution is 0.0780. The molecule has 0 N–H and O–H groups in total. The topological polar surface area (TPSA) is 33.2 Å². The Labute approximate surface area is 134 Å². The normalized spacial score (nSPS) is 10.6. The number of carbonyl (C=O) groups excluding carboxylic acids is 1. The number of fused-ring (bicyclic) bond motifs is 1. The van der Waals surface area contributed by atoms with Gasteiger partial charge in [-0.05, 0) is 23.8 Å². The monoisotopic (exact) mass is 310 g/mol. The number of amides is 1. The molecular formula is C18H15ClN2O. The van der Waals surface area contributed by atoms with E-state index in [2.05, 4.69) is 4.98 Å². The second kappa shape index (κ2) is 6.16. The van der Waals surface area contributed by atoms with Crippen LogP contribution in [-0.4, -0.2) is 22.8 Å². The summed E-state index contributed by atoms with van der Waals surface area (Å²) in [6, 6.07) is 18.9. The third kappa shape index (κ3) is 2.95. The Morgan fingerprint density at radius 1 is 1.05 bits per heavy atom. The summed E-state index contributed by atoms with van der Waals surface area (Å²) in [7, 11) is 1.75. The molecule has 3 aromatic rings. The summed E-state index contributed by atoms with van der Waals surface area (Å²) in [6.07, 6.45) is 0. The minimum absolute atomic E-state index is 0.120. The van der Waals surface area contributed by atoms with Crippen LogP contribution in [0.4, 0.5) is 0 Å². The molecule has 0 atom stereocenters. The lowest BCUT2D eigenvalue weighted by Gasteiger charge is -2.17. The van der Waals surface area contributed by atoms with E-state index in [0.29, 0.717) is 17.3 Å². The lowest BCUT2D eigenvalue weighted by atomic mass is 10.2. The summed E-state index contributed by atoms with van der Waals surface area (Å²) in [5.74, 6) is -0.120. The minimum atomic E-state index is -0.120. The van der Waals surface area contributed by atoms with Gasteiger partial charge in [-0.25, -0.2) is 4.98 Å². The fraction of sp³-hybridized carbons (Fsp3) is 0.111. The molecule has 0 aliphatic rings. The maximum atomic E-state index is 12.5. The second-order valence-corrected chi connectivity index (χ2v) is 5.55. The molecule has 0 radical (unpaired) electrons. The predicted molar refractivity (Wildman–Crippen MR) is 89.0 cm³/mol. The van der Waals surface area contributed by atoms with Crippen molar-refractivity contribution in [3.05, 3.63) is 76.9 Å². The number of hydrogen-bond acceptors (Lipinski definition) is 2. The SMILES string of the molecule is CN(Cc1ccccc1Cl)C(=O)c1ccc2ccccc2n1. The highest BCUT2D eigenvalue weighted by molar-refractivity contribution is 6.31. The largest absolute Gasteiger partial charge is 0.336 e. The Kier molecular flexibility index (Phi) is 4.07. The number of para-hydroxylation sites is 1. The van der Waals surface area contributed by atoms with Crippen LogP contribution in [0.1, 0.15) is 16.1 Å². The van der Waals surface area contributed by atoms with Crippen molar-refractivity contribution in [3.8, 4) is 0 Å². The third-order valence-electron chi connectivity index (χ3n) is 3.53. The van der Waals surface area contributed by atoms with E-state index >= 15 is 0 Å². The van der Waals surface area contributed by atoms with Gasteiger partial charge in [-0.15, -0.1) is 0 Å². The van der Waals surface area contributed by atoms with Gasteiger partial charge in [-0.1, -0.05) is 54.1 Å². The minimum Gasteiger partial charge on any atom is -0.336 e. The summed E-state index contributed by atoms with van der Waals surface area (Å²) < 4.78 is 0. The van der Waals surface area contributed by atoms with Crippen molar-refractivity contribution >= 4 is 28.4 Å². The van der Waals surface area contributed by atoms with Crippen LogP contribution in [0.3, 0.4) is 0 Å². The summed E-state index contributed by atoms with van der Waals surface area (Å²) in [6.45, 7) is 0.451. The quantitative estimate of drug-likeness (QED) is 0.727. The van der Waals surface area contributed by atoms with Gasteiger partial charge >= 0.3 is 0 Å². The van der Waals surface area contributed by atoms with Crippen molar-refractivity contribution in [1.82, 2.24) is 9.88 Å². The molecule has 3 rings (SSSR count). The van der Waals surface area contributed by atoms with Crippen LogP contribution in [0, 0.1) is 0 Å². The Bertz CT molecular complexity index is 832. The van der Waals surface area contributed by atoms with Gasteiger partial charge in [0.2, 0.25) is 0 Å².